The number of likely N-dealkylation sites (tertiary alicyclic amines) is 1. The third-order valence-electron chi connectivity index (χ3n) is 6.63. The van der Waals surface area contributed by atoms with E-state index < -0.39 is 0 Å². The summed E-state index contributed by atoms with van der Waals surface area (Å²) in [6.07, 6.45) is 8.90. The number of carbonyl (C=O) groups excluding carboxylic acids is 2. The highest BCUT2D eigenvalue weighted by molar-refractivity contribution is 7.21. The zero-order valence-corrected chi connectivity index (χ0v) is 21.6. The minimum atomic E-state index is -0.323. The average molecular weight is 508 g/mol. The lowest BCUT2D eigenvalue weighted by atomic mass is 10.0. The molecule has 0 aliphatic carbocycles. The van der Waals surface area contributed by atoms with Crippen molar-refractivity contribution in [2.75, 3.05) is 25.0 Å². The summed E-state index contributed by atoms with van der Waals surface area (Å²) in [7, 11) is 1.75. The molecular weight excluding hydrogens is 478 g/mol. The van der Waals surface area contributed by atoms with Gasteiger partial charge in [-0.15, -0.1) is 11.3 Å². The minimum Gasteiger partial charge on any atom is -0.351 e. The summed E-state index contributed by atoms with van der Waals surface area (Å²) in [5.41, 5.74) is 2.82. The van der Waals surface area contributed by atoms with E-state index in [-0.39, 0.29) is 17.4 Å². The van der Waals surface area contributed by atoms with Crippen molar-refractivity contribution in [3.63, 3.8) is 0 Å². The van der Waals surface area contributed by atoms with Crippen LogP contribution in [0.25, 0.3) is 15.4 Å². The van der Waals surface area contributed by atoms with Gasteiger partial charge in [0, 0.05) is 38.1 Å². The number of nitrogens with one attached hydrogen (secondary N) is 2. The summed E-state index contributed by atoms with van der Waals surface area (Å²) >= 11 is 1.41. The first kappa shape index (κ1) is 24.1. The van der Waals surface area contributed by atoms with Gasteiger partial charge in [0.25, 0.3) is 11.8 Å². The zero-order valence-electron chi connectivity index (χ0n) is 20.8. The van der Waals surface area contributed by atoms with Crippen molar-refractivity contribution in [1.82, 2.24) is 39.8 Å². The molecule has 5 heterocycles. The van der Waals surface area contributed by atoms with Crippen LogP contribution in [0.4, 0.5) is 5.69 Å². The van der Waals surface area contributed by atoms with Gasteiger partial charge in [0.2, 0.25) is 0 Å². The molecule has 4 aromatic heterocycles. The summed E-state index contributed by atoms with van der Waals surface area (Å²) in [4.78, 5) is 35.7. The first-order valence-electron chi connectivity index (χ1n) is 11.9. The lowest BCUT2D eigenvalue weighted by Crippen LogP contribution is -2.43. The summed E-state index contributed by atoms with van der Waals surface area (Å²) in [5, 5.41) is 18.6. The Balaban J connectivity index is 1.27. The highest BCUT2D eigenvalue weighted by Crippen LogP contribution is 2.30. The number of carbonyl (C=O) groups is 2. The maximum atomic E-state index is 13.1. The van der Waals surface area contributed by atoms with Gasteiger partial charge in [0.1, 0.15) is 10.5 Å². The van der Waals surface area contributed by atoms with Gasteiger partial charge in [-0.1, -0.05) is 0 Å². The molecule has 0 saturated carbocycles. The van der Waals surface area contributed by atoms with E-state index in [2.05, 4.69) is 49.7 Å². The Morgan fingerprint density at radius 1 is 1.17 bits per heavy atom. The first-order chi connectivity index (χ1) is 17.2. The topological polar surface area (TPSA) is 122 Å². The Bertz CT molecular complexity index is 1430. The van der Waals surface area contributed by atoms with Crippen molar-refractivity contribution in [1.29, 1.82) is 0 Å². The largest absolute Gasteiger partial charge is 0.351 e. The third kappa shape index (κ3) is 4.73. The molecule has 12 heteroatoms. The average Bonchev–Trinajstić information content (AvgIpc) is 3.59. The van der Waals surface area contributed by atoms with Crippen LogP contribution in [0.2, 0.25) is 0 Å². The number of amides is 2. The van der Waals surface area contributed by atoms with Gasteiger partial charge in [-0.25, -0.2) is 4.52 Å². The molecule has 1 saturated heterocycles. The Hall–Kier alpha value is -3.64. The minimum absolute atomic E-state index is 0.171. The number of aryl methyl sites for hydroxylation is 2. The fourth-order valence-corrected chi connectivity index (χ4v) is 5.48. The van der Waals surface area contributed by atoms with E-state index in [0.29, 0.717) is 39.6 Å². The number of thiazole rings is 1. The predicted octanol–water partition coefficient (Wildman–Crippen LogP) is 2.75. The normalized spacial score (nSPS) is 15.4. The van der Waals surface area contributed by atoms with E-state index in [1.54, 1.807) is 30.8 Å². The molecule has 11 nitrogen and oxygen atoms in total. The fraction of sp³-hybridized carbons (Fsp3) is 0.417. The van der Waals surface area contributed by atoms with Crippen LogP contribution in [-0.4, -0.2) is 71.5 Å². The molecule has 1 aliphatic rings. The monoisotopic (exact) mass is 507 g/mol. The quantitative estimate of drug-likeness (QED) is 0.394. The number of nitrogens with zero attached hydrogens (tertiary/aromatic N) is 7. The van der Waals surface area contributed by atoms with Crippen molar-refractivity contribution < 1.29 is 9.59 Å². The lowest BCUT2D eigenvalue weighted by molar-refractivity contribution is 0.0938. The molecule has 2 N–H and O–H groups in total. The maximum Gasteiger partial charge on any atom is 0.260 e. The SMILES string of the molecule is Cc1ncc(C(=O)NCCN2CCCC2(C)C)cc1NC(=O)c1cnn2cc(-c3cnn(C)n3)sc12. The van der Waals surface area contributed by atoms with Crippen LogP contribution in [0.1, 0.15) is 53.1 Å². The number of pyridine rings is 1. The molecule has 0 radical (unpaired) electrons. The molecule has 188 valence electrons. The van der Waals surface area contributed by atoms with Crippen molar-refractivity contribution in [2.45, 2.75) is 39.2 Å². The Kier molecular flexibility index (Phi) is 6.31. The van der Waals surface area contributed by atoms with E-state index in [4.69, 9.17) is 0 Å². The second-order valence-corrected chi connectivity index (χ2v) is 10.6. The second-order valence-electron chi connectivity index (χ2n) is 9.59. The van der Waals surface area contributed by atoms with Gasteiger partial charge in [0.15, 0.2) is 0 Å². The third-order valence-corrected chi connectivity index (χ3v) is 7.76. The number of anilines is 1. The highest BCUT2D eigenvalue weighted by Gasteiger charge is 2.31. The smallest absolute Gasteiger partial charge is 0.260 e. The van der Waals surface area contributed by atoms with Crippen molar-refractivity contribution in [3.8, 4) is 10.6 Å². The van der Waals surface area contributed by atoms with Gasteiger partial charge in [-0.3, -0.25) is 19.5 Å². The molecule has 0 unspecified atom stereocenters. The van der Waals surface area contributed by atoms with Gasteiger partial charge in [-0.05, 0) is 46.2 Å². The Labute approximate surface area is 212 Å². The molecule has 1 fully saturated rings. The van der Waals surface area contributed by atoms with Crippen molar-refractivity contribution in [2.24, 2.45) is 7.05 Å². The molecule has 36 heavy (non-hydrogen) atoms. The number of hydrogen-bond donors (Lipinski definition) is 2. The van der Waals surface area contributed by atoms with Crippen molar-refractivity contribution in [3.05, 3.63) is 47.7 Å². The molecule has 1 aliphatic heterocycles. The summed E-state index contributed by atoms with van der Waals surface area (Å²) in [5.74, 6) is -0.536. The second kappa shape index (κ2) is 9.43. The Morgan fingerprint density at radius 3 is 2.72 bits per heavy atom. The standard InChI is InChI=1S/C24H29N9O2S/c1-15-18(10-16(11-26-15)21(34)25-7-9-32-8-5-6-24(32,2)3)29-22(35)17-12-28-33-14-20(36-23(17)33)19-13-27-31(4)30-19/h10-14H,5-9H2,1-4H3,(H,25,34)(H,29,35). The molecule has 2 amide bonds. The van der Waals surface area contributed by atoms with Crippen LogP contribution in [0.15, 0.2) is 30.9 Å². The van der Waals surface area contributed by atoms with Gasteiger partial charge >= 0.3 is 0 Å². The fourth-order valence-electron chi connectivity index (χ4n) is 4.48. The van der Waals surface area contributed by atoms with Crippen LogP contribution in [0.5, 0.6) is 0 Å². The van der Waals surface area contributed by atoms with E-state index in [1.165, 1.54) is 41.4 Å². The predicted molar refractivity (Wildman–Crippen MR) is 137 cm³/mol. The highest BCUT2D eigenvalue weighted by atomic mass is 32.1. The number of hydrogen-bond acceptors (Lipinski definition) is 8. The van der Waals surface area contributed by atoms with Gasteiger partial charge in [-0.2, -0.15) is 20.1 Å². The molecule has 0 spiro atoms. The Morgan fingerprint density at radius 2 is 2.00 bits per heavy atom. The van der Waals surface area contributed by atoms with E-state index in [1.807, 2.05) is 6.20 Å². The molecule has 4 aromatic rings. The molecule has 0 bridgehead atoms. The lowest BCUT2D eigenvalue weighted by Gasteiger charge is -2.31. The molecule has 5 rings (SSSR count). The molecule has 0 atom stereocenters. The van der Waals surface area contributed by atoms with Crippen LogP contribution >= 0.6 is 11.3 Å². The summed E-state index contributed by atoms with van der Waals surface area (Å²) in [6, 6.07) is 1.66. The van der Waals surface area contributed by atoms with E-state index >= 15 is 0 Å². The van der Waals surface area contributed by atoms with Crippen LogP contribution in [0.3, 0.4) is 0 Å². The number of rotatable bonds is 7. The first-order valence-corrected chi connectivity index (χ1v) is 12.7. The molecule has 0 aromatic carbocycles. The van der Waals surface area contributed by atoms with E-state index in [0.717, 1.165) is 18.0 Å². The van der Waals surface area contributed by atoms with Gasteiger partial charge < -0.3 is 10.6 Å². The van der Waals surface area contributed by atoms with Crippen LogP contribution in [-0.2, 0) is 7.05 Å². The summed E-state index contributed by atoms with van der Waals surface area (Å²) in [6.45, 7) is 8.68. The summed E-state index contributed by atoms with van der Waals surface area (Å²) < 4.78 is 1.65. The van der Waals surface area contributed by atoms with E-state index in [9.17, 15) is 9.59 Å². The van der Waals surface area contributed by atoms with Crippen molar-refractivity contribution >= 4 is 33.7 Å². The van der Waals surface area contributed by atoms with Crippen LogP contribution in [0, 0.1) is 6.92 Å². The molecular formula is C24H29N9O2S. The van der Waals surface area contributed by atoms with Gasteiger partial charge in [0.05, 0.1) is 39.8 Å². The maximum absolute atomic E-state index is 13.1. The number of aromatic nitrogens is 6. The number of fused-ring (bicyclic) bond motifs is 1. The zero-order chi connectivity index (χ0) is 25.4. The van der Waals surface area contributed by atoms with Crippen LogP contribution < -0.4 is 10.6 Å².